The largest absolute Gasteiger partial charge is 0.427 e. The van der Waals surface area contributed by atoms with Gasteiger partial charge in [-0.3, -0.25) is 4.79 Å². The van der Waals surface area contributed by atoms with Crippen molar-refractivity contribution in [3.05, 3.63) is 34.8 Å². The molecule has 1 aliphatic rings. The van der Waals surface area contributed by atoms with Crippen molar-refractivity contribution in [2.24, 2.45) is 0 Å². The van der Waals surface area contributed by atoms with Crippen LogP contribution in [0.1, 0.15) is 43.5 Å². The van der Waals surface area contributed by atoms with Crippen LogP contribution in [-0.4, -0.2) is 17.6 Å². The molecular weight excluding hydrogens is 299 g/mol. The second-order valence-electron chi connectivity index (χ2n) is 5.63. The Hall–Kier alpha value is -2.39. The molecule has 1 N–H and O–H groups in total. The highest BCUT2D eigenvalue weighted by atomic mass is 19.1. The minimum Gasteiger partial charge on any atom is -0.427 e. The Morgan fingerprint density at radius 2 is 2.35 bits per heavy atom. The number of aromatic amines is 1. The Kier molecular flexibility index (Phi) is 3.82. The van der Waals surface area contributed by atoms with Crippen LogP contribution in [0.15, 0.2) is 12.1 Å². The molecule has 0 aliphatic carbocycles. The fraction of sp³-hybridized carbons (Fsp3) is 0.412. The summed E-state index contributed by atoms with van der Waals surface area (Å²) < 4.78 is 25.5. The number of carbonyl (C=O) groups is 1. The zero-order valence-corrected chi connectivity index (χ0v) is 13.0. The second kappa shape index (κ2) is 5.67. The molecule has 1 atom stereocenters. The number of H-pyrrole nitrogens is 1. The average Bonchev–Trinajstić information content (AvgIpc) is 2.90. The van der Waals surface area contributed by atoms with Crippen LogP contribution in [-0.2, 0) is 26.5 Å². The summed E-state index contributed by atoms with van der Waals surface area (Å²) in [5, 5.41) is 9.88. The standard InChI is InChI=1S/C17H17FN2O3/c1-3-7-17(23-10(2)21)16-12(6-8-22-17)14-11(9-19)4-5-13(18)15(14)20-16/h4-5,20H,3,6-8H2,1-2H3/t17-/m1/s1. The van der Waals surface area contributed by atoms with E-state index in [1.165, 1.54) is 19.1 Å². The quantitative estimate of drug-likeness (QED) is 0.882. The number of fused-ring (bicyclic) bond motifs is 3. The van der Waals surface area contributed by atoms with E-state index in [9.17, 15) is 14.4 Å². The molecule has 0 fully saturated rings. The van der Waals surface area contributed by atoms with Crippen molar-refractivity contribution in [3.63, 3.8) is 0 Å². The lowest BCUT2D eigenvalue weighted by atomic mass is 9.95. The van der Waals surface area contributed by atoms with E-state index < -0.39 is 17.6 Å². The highest BCUT2D eigenvalue weighted by molar-refractivity contribution is 5.91. The number of hydrogen-bond donors (Lipinski definition) is 1. The van der Waals surface area contributed by atoms with Crippen molar-refractivity contribution in [2.45, 2.75) is 38.9 Å². The first kappa shape index (κ1) is 15.5. The number of esters is 1. The zero-order chi connectivity index (χ0) is 16.6. The van der Waals surface area contributed by atoms with Gasteiger partial charge < -0.3 is 14.5 Å². The highest BCUT2D eigenvalue weighted by Crippen LogP contribution is 2.42. The Morgan fingerprint density at radius 1 is 1.57 bits per heavy atom. The van der Waals surface area contributed by atoms with Gasteiger partial charge in [-0.15, -0.1) is 0 Å². The monoisotopic (exact) mass is 316 g/mol. The molecule has 0 amide bonds. The average molecular weight is 316 g/mol. The SMILES string of the molecule is CCC[C@]1(OC(C)=O)OCCc2c1[nH]c1c(F)ccc(C#N)c21. The summed E-state index contributed by atoms with van der Waals surface area (Å²) >= 11 is 0. The summed E-state index contributed by atoms with van der Waals surface area (Å²) in [5.41, 5.74) is 1.98. The molecule has 2 heterocycles. The fourth-order valence-electron chi connectivity index (χ4n) is 3.29. The zero-order valence-electron chi connectivity index (χ0n) is 13.0. The molecule has 0 saturated carbocycles. The molecule has 1 aromatic heterocycles. The lowest BCUT2D eigenvalue weighted by Gasteiger charge is -2.36. The van der Waals surface area contributed by atoms with E-state index in [4.69, 9.17) is 9.47 Å². The van der Waals surface area contributed by atoms with Gasteiger partial charge in [0.1, 0.15) is 5.82 Å². The van der Waals surface area contributed by atoms with Gasteiger partial charge >= 0.3 is 5.97 Å². The number of nitrogens with zero attached hydrogens (tertiary/aromatic N) is 1. The summed E-state index contributed by atoms with van der Waals surface area (Å²) in [6.07, 6.45) is 1.70. The third kappa shape index (κ3) is 2.37. The van der Waals surface area contributed by atoms with Crippen LogP contribution in [0.3, 0.4) is 0 Å². The van der Waals surface area contributed by atoms with Crippen LogP contribution in [0.4, 0.5) is 4.39 Å². The van der Waals surface area contributed by atoms with E-state index in [1.54, 1.807) is 0 Å². The van der Waals surface area contributed by atoms with Gasteiger partial charge in [-0.2, -0.15) is 5.26 Å². The summed E-state index contributed by atoms with van der Waals surface area (Å²) in [4.78, 5) is 14.6. The third-order valence-corrected chi connectivity index (χ3v) is 4.08. The molecular formula is C17H17FN2O3. The molecule has 0 saturated heterocycles. The first-order valence-corrected chi connectivity index (χ1v) is 7.59. The molecule has 0 radical (unpaired) electrons. The second-order valence-corrected chi connectivity index (χ2v) is 5.63. The topological polar surface area (TPSA) is 75.1 Å². The number of nitriles is 1. The van der Waals surface area contributed by atoms with Gasteiger partial charge in [-0.25, -0.2) is 4.39 Å². The normalized spacial score (nSPS) is 20.1. The molecule has 5 nitrogen and oxygen atoms in total. The van der Waals surface area contributed by atoms with E-state index in [0.29, 0.717) is 36.1 Å². The van der Waals surface area contributed by atoms with E-state index in [1.807, 2.05) is 6.92 Å². The minimum absolute atomic E-state index is 0.257. The number of hydrogen-bond acceptors (Lipinski definition) is 4. The number of halogens is 1. The van der Waals surface area contributed by atoms with Crippen LogP contribution in [0, 0.1) is 17.1 Å². The molecule has 0 unspecified atom stereocenters. The fourth-order valence-corrected chi connectivity index (χ4v) is 3.29. The summed E-state index contributed by atoms with van der Waals surface area (Å²) in [7, 11) is 0. The van der Waals surface area contributed by atoms with Crippen molar-refractivity contribution in [2.75, 3.05) is 6.61 Å². The van der Waals surface area contributed by atoms with E-state index in [-0.39, 0.29) is 5.52 Å². The van der Waals surface area contributed by atoms with E-state index in [2.05, 4.69) is 11.1 Å². The number of nitrogens with one attached hydrogen (secondary N) is 1. The van der Waals surface area contributed by atoms with Gasteiger partial charge in [0.2, 0.25) is 0 Å². The minimum atomic E-state index is -1.24. The molecule has 120 valence electrons. The molecule has 6 heteroatoms. The van der Waals surface area contributed by atoms with Crippen molar-refractivity contribution >= 4 is 16.9 Å². The molecule has 0 bridgehead atoms. The molecule has 23 heavy (non-hydrogen) atoms. The van der Waals surface area contributed by atoms with Crippen molar-refractivity contribution in [3.8, 4) is 6.07 Å². The maximum atomic E-state index is 14.2. The summed E-state index contributed by atoms with van der Waals surface area (Å²) in [5.74, 6) is -2.15. The Bertz CT molecular complexity index is 821. The van der Waals surface area contributed by atoms with Gasteiger partial charge in [-0.05, 0) is 30.5 Å². The maximum Gasteiger partial charge on any atom is 0.305 e. The molecule has 0 spiro atoms. The van der Waals surface area contributed by atoms with Crippen LogP contribution >= 0.6 is 0 Å². The van der Waals surface area contributed by atoms with Crippen molar-refractivity contribution < 1.29 is 18.7 Å². The lowest BCUT2D eigenvalue weighted by Crippen LogP contribution is -2.39. The van der Waals surface area contributed by atoms with E-state index >= 15 is 0 Å². The molecule has 1 aliphatic heterocycles. The number of carbonyl (C=O) groups excluding carboxylic acids is 1. The van der Waals surface area contributed by atoms with Crippen molar-refractivity contribution in [1.82, 2.24) is 4.98 Å². The smallest absolute Gasteiger partial charge is 0.305 e. The first-order chi connectivity index (χ1) is 11.0. The van der Waals surface area contributed by atoms with Gasteiger partial charge in [0.25, 0.3) is 5.79 Å². The van der Waals surface area contributed by atoms with Gasteiger partial charge in [0.05, 0.1) is 29.5 Å². The highest BCUT2D eigenvalue weighted by Gasteiger charge is 2.43. The Morgan fingerprint density at radius 3 is 3.00 bits per heavy atom. The number of rotatable bonds is 3. The van der Waals surface area contributed by atoms with Gasteiger partial charge in [0.15, 0.2) is 0 Å². The van der Waals surface area contributed by atoms with E-state index in [0.717, 1.165) is 12.0 Å². The summed E-state index contributed by atoms with van der Waals surface area (Å²) in [6.45, 7) is 3.61. The van der Waals surface area contributed by atoms with Gasteiger partial charge in [-0.1, -0.05) is 6.92 Å². The molecule has 3 rings (SSSR count). The third-order valence-electron chi connectivity index (χ3n) is 4.08. The Labute approximate surface area is 133 Å². The van der Waals surface area contributed by atoms with Crippen LogP contribution < -0.4 is 0 Å². The number of aromatic nitrogens is 1. The van der Waals surface area contributed by atoms with Crippen LogP contribution in [0.5, 0.6) is 0 Å². The lowest BCUT2D eigenvalue weighted by molar-refractivity contribution is -0.247. The first-order valence-electron chi connectivity index (χ1n) is 7.59. The van der Waals surface area contributed by atoms with Gasteiger partial charge in [0, 0.05) is 18.7 Å². The predicted molar refractivity (Wildman–Crippen MR) is 81.0 cm³/mol. The van der Waals surface area contributed by atoms with Crippen LogP contribution in [0.25, 0.3) is 10.9 Å². The molecule has 2 aromatic rings. The number of benzene rings is 1. The maximum absolute atomic E-state index is 14.2. The predicted octanol–water partition coefficient (Wildman–Crippen LogP) is 3.27. The van der Waals surface area contributed by atoms with Crippen LogP contribution in [0.2, 0.25) is 0 Å². The Balaban J connectivity index is 2.30. The summed E-state index contributed by atoms with van der Waals surface area (Å²) in [6, 6.07) is 4.83. The number of ether oxygens (including phenoxy) is 2. The van der Waals surface area contributed by atoms with Crippen molar-refractivity contribution in [1.29, 1.82) is 5.26 Å². The molecule has 1 aromatic carbocycles.